The largest absolute Gasteiger partial charge is 0.480 e. The van der Waals surface area contributed by atoms with Crippen LogP contribution in [0.25, 0.3) is 0 Å². The van der Waals surface area contributed by atoms with Crippen LogP contribution in [0.1, 0.15) is 42.6 Å². The molecule has 0 aliphatic rings. The Hall–Kier alpha value is -1.92. The monoisotopic (exact) mass is 305 g/mol. The Morgan fingerprint density at radius 1 is 1.38 bits per heavy atom. The highest BCUT2D eigenvalue weighted by atomic mass is 32.1. The van der Waals surface area contributed by atoms with E-state index in [1.807, 2.05) is 0 Å². The molecule has 0 spiro atoms. The highest BCUT2D eigenvalue weighted by Gasteiger charge is 2.17. The number of carboxylic acids is 1. The SMILES string of the molecule is CC(C)c1ccc(CNc2nc(C(N)C(=O)O)cs2)cc1. The van der Waals surface area contributed by atoms with Crippen LogP contribution in [0.2, 0.25) is 0 Å². The third-order valence-electron chi connectivity index (χ3n) is 3.20. The summed E-state index contributed by atoms with van der Waals surface area (Å²) < 4.78 is 0. The van der Waals surface area contributed by atoms with Gasteiger partial charge in [-0.2, -0.15) is 0 Å². The average molecular weight is 305 g/mol. The topological polar surface area (TPSA) is 88.2 Å². The van der Waals surface area contributed by atoms with Crippen LogP contribution in [0.3, 0.4) is 0 Å². The average Bonchev–Trinajstić information content (AvgIpc) is 2.93. The van der Waals surface area contributed by atoms with Gasteiger partial charge in [0.15, 0.2) is 5.13 Å². The van der Waals surface area contributed by atoms with Gasteiger partial charge in [-0.3, -0.25) is 4.79 Å². The van der Waals surface area contributed by atoms with Crippen molar-refractivity contribution in [1.82, 2.24) is 4.98 Å². The molecule has 0 saturated carbocycles. The molecule has 5 nitrogen and oxygen atoms in total. The van der Waals surface area contributed by atoms with E-state index in [4.69, 9.17) is 10.8 Å². The van der Waals surface area contributed by atoms with Crippen molar-refractivity contribution in [1.29, 1.82) is 0 Å². The van der Waals surface area contributed by atoms with Crippen molar-refractivity contribution in [2.75, 3.05) is 5.32 Å². The van der Waals surface area contributed by atoms with Gasteiger partial charge in [0.1, 0.15) is 6.04 Å². The predicted molar refractivity (Wildman–Crippen MR) is 84.5 cm³/mol. The van der Waals surface area contributed by atoms with Crippen LogP contribution in [-0.2, 0) is 11.3 Å². The van der Waals surface area contributed by atoms with Gasteiger partial charge in [0, 0.05) is 11.9 Å². The maximum atomic E-state index is 10.8. The second kappa shape index (κ2) is 6.69. The number of hydrogen-bond donors (Lipinski definition) is 3. The lowest BCUT2D eigenvalue weighted by molar-refractivity contribution is -0.138. The third-order valence-corrected chi connectivity index (χ3v) is 4.01. The maximum Gasteiger partial charge on any atom is 0.326 e. The zero-order valence-corrected chi connectivity index (χ0v) is 12.9. The highest BCUT2D eigenvalue weighted by molar-refractivity contribution is 7.13. The van der Waals surface area contributed by atoms with Crippen molar-refractivity contribution in [3.8, 4) is 0 Å². The molecule has 0 amide bonds. The summed E-state index contributed by atoms with van der Waals surface area (Å²) in [5, 5.41) is 14.4. The first-order valence-electron chi connectivity index (χ1n) is 6.74. The number of aliphatic carboxylic acids is 1. The minimum atomic E-state index is -1.07. The highest BCUT2D eigenvalue weighted by Crippen LogP contribution is 2.21. The summed E-state index contributed by atoms with van der Waals surface area (Å²) in [6, 6.07) is 7.34. The van der Waals surface area contributed by atoms with Crippen LogP contribution in [-0.4, -0.2) is 16.1 Å². The van der Waals surface area contributed by atoms with E-state index in [1.165, 1.54) is 16.9 Å². The number of nitrogens with two attached hydrogens (primary N) is 1. The Balaban J connectivity index is 1.95. The molecule has 1 atom stereocenters. The van der Waals surface area contributed by atoms with Gasteiger partial charge in [0.25, 0.3) is 0 Å². The van der Waals surface area contributed by atoms with E-state index >= 15 is 0 Å². The van der Waals surface area contributed by atoms with Crippen molar-refractivity contribution in [2.24, 2.45) is 5.73 Å². The first-order valence-corrected chi connectivity index (χ1v) is 7.62. The van der Waals surface area contributed by atoms with Gasteiger partial charge in [0.2, 0.25) is 0 Å². The molecular weight excluding hydrogens is 286 g/mol. The Kier molecular flexibility index (Phi) is 4.93. The number of nitrogens with zero attached hydrogens (tertiary/aromatic N) is 1. The number of anilines is 1. The van der Waals surface area contributed by atoms with Crippen molar-refractivity contribution in [3.05, 3.63) is 46.5 Å². The molecular formula is C15H19N3O2S. The number of hydrogen-bond acceptors (Lipinski definition) is 5. The van der Waals surface area contributed by atoms with E-state index < -0.39 is 12.0 Å². The maximum absolute atomic E-state index is 10.8. The van der Waals surface area contributed by atoms with E-state index in [2.05, 4.69) is 48.4 Å². The van der Waals surface area contributed by atoms with Crippen LogP contribution in [0, 0.1) is 0 Å². The number of benzene rings is 1. The number of aromatic nitrogens is 1. The molecule has 4 N–H and O–H groups in total. The lowest BCUT2D eigenvalue weighted by Gasteiger charge is -2.07. The Morgan fingerprint density at radius 3 is 2.62 bits per heavy atom. The lowest BCUT2D eigenvalue weighted by atomic mass is 10.0. The minimum Gasteiger partial charge on any atom is -0.480 e. The van der Waals surface area contributed by atoms with E-state index in [0.29, 0.717) is 23.3 Å². The van der Waals surface area contributed by atoms with E-state index in [0.717, 1.165) is 5.56 Å². The zero-order valence-electron chi connectivity index (χ0n) is 12.0. The number of carbonyl (C=O) groups is 1. The van der Waals surface area contributed by atoms with Gasteiger partial charge in [-0.15, -0.1) is 11.3 Å². The molecule has 6 heteroatoms. The third kappa shape index (κ3) is 4.03. The molecule has 1 aromatic carbocycles. The standard InChI is InChI=1S/C15H19N3O2S/c1-9(2)11-5-3-10(4-6-11)7-17-15-18-12(8-21-15)13(16)14(19)20/h3-6,8-9,13H,7,16H2,1-2H3,(H,17,18)(H,19,20). The number of rotatable bonds is 6. The normalized spacial score (nSPS) is 12.4. The van der Waals surface area contributed by atoms with Crippen molar-refractivity contribution < 1.29 is 9.90 Å². The molecule has 0 saturated heterocycles. The second-order valence-electron chi connectivity index (χ2n) is 5.14. The van der Waals surface area contributed by atoms with Gasteiger partial charge in [-0.05, 0) is 17.0 Å². The summed E-state index contributed by atoms with van der Waals surface area (Å²) >= 11 is 1.36. The summed E-state index contributed by atoms with van der Waals surface area (Å²) in [6.45, 7) is 4.97. The van der Waals surface area contributed by atoms with Gasteiger partial charge in [0.05, 0.1) is 5.69 Å². The molecule has 0 fully saturated rings. The quantitative estimate of drug-likeness (QED) is 0.763. The minimum absolute atomic E-state index is 0.380. The molecule has 1 aromatic heterocycles. The van der Waals surface area contributed by atoms with Crippen molar-refractivity contribution >= 4 is 22.4 Å². The first kappa shape index (κ1) is 15.5. The van der Waals surface area contributed by atoms with E-state index in [9.17, 15) is 4.79 Å². The van der Waals surface area contributed by atoms with Gasteiger partial charge in [-0.25, -0.2) is 4.98 Å². The second-order valence-corrected chi connectivity index (χ2v) is 6.00. The van der Waals surface area contributed by atoms with Crippen LogP contribution < -0.4 is 11.1 Å². The zero-order chi connectivity index (χ0) is 15.4. The number of carboxylic acid groups (broad SMARTS) is 1. The lowest BCUT2D eigenvalue weighted by Crippen LogP contribution is -2.20. The van der Waals surface area contributed by atoms with Crippen LogP contribution in [0.4, 0.5) is 5.13 Å². The summed E-state index contributed by atoms with van der Waals surface area (Å²) in [5.74, 6) is -0.554. The fraction of sp³-hybridized carbons (Fsp3) is 0.333. The Morgan fingerprint density at radius 2 is 2.05 bits per heavy atom. The summed E-state index contributed by atoms with van der Waals surface area (Å²) in [4.78, 5) is 15.0. The Bertz CT molecular complexity index is 608. The summed E-state index contributed by atoms with van der Waals surface area (Å²) in [5.41, 5.74) is 8.36. The van der Waals surface area contributed by atoms with Crippen molar-refractivity contribution in [2.45, 2.75) is 32.4 Å². The van der Waals surface area contributed by atoms with Gasteiger partial charge in [-0.1, -0.05) is 38.1 Å². The molecule has 112 valence electrons. The molecule has 21 heavy (non-hydrogen) atoms. The fourth-order valence-corrected chi connectivity index (χ4v) is 2.58. The molecule has 0 radical (unpaired) electrons. The van der Waals surface area contributed by atoms with Gasteiger partial charge >= 0.3 is 5.97 Å². The molecule has 2 rings (SSSR count). The predicted octanol–water partition coefficient (Wildman–Crippen LogP) is 2.96. The smallest absolute Gasteiger partial charge is 0.326 e. The Labute approximate surface area is 127 Å². The number of thiazole rings is 1. The van der Waals surface area contributed by atoms with Crippen LogP contribution in [0.5, 0.6) is 0 Å². The summed E-state index contributed by atoms with van der Waals surface area (Å²) in [7, 11) is 0. The van der Waals surface area contributed by atoms with Crippen LogP contribution >= 0.6 is 11.3 Å². The van der Waals surface area contributed by atoms with Crippen LogP contribution in [0.15, 0.2) is 29.6 Å². The molecule has 0 aliphatic heterocycles. The van der Waals surface area contributed by atoms with E-state index in [-0.39, 0.29) is 0 Å². The summed E-state index contributed by atoms with van der Waals surface area (Å²) in [6.07, 6.45) is 0. The molecule has 1 heterocycles. The van der Waals surface area contributed by atoms with Gasteiger partial charge < -0.3 is 16.2 Å². The van der Waals surface area contributed by atoms with Crippen molar-refractivity contribution in [3.63, 3.8) is 0 Å². The molecule has 2 aromatic rings. The first-order chi connectivity index (χ1) is 9.97. The molecule has 0 aliphatic carbocycles. The fourth-order valence-electron chi connectivity index (χ4n) is 1.83. The molecule has 0 bridgehead atoms. The molecule has 1 unspecified atom stereocenters. The number of nitrogens with one attached hydrogen (secondary N) is 1. The van der Waals surface area contributed by atoms with E-state index in [1.54, 1.807) is 5.38 Å².